The van der Waals surface area contributed by atoms with Crippen LogP contribution in [0.4, 0.5) is 5.69 Å². The molecule has 1 N–H and O–H groups in total. The van der Waals surface area contributed by atoms with Crippen LogP contribution < -0.4 is 15.0 Å². The Kier molecular flexibility index (Phi) is 6.31. The molecule has 0 spiro atoms. The maximum atomic E-state index is 13.1. The van der Waals surface area contributed by atoms with Crippen LogP contribution in [0.5, 0.6) is 5.75 Å². The van der Waals surface area contributed by atoms with Crippen LogP contribution >= 0.6 is 11.8 Å². The van der Waals surface area contributed by atoms with Crippen LogP contribution in [0.25, 0.3) is 0 Å². The molecule has 0 radical (unpaired) electrons. The van der Waals surface area contributed by atoms with Crippen molar-refractivity contribution in [2.45, 2.75) is 30.3 Å². The van der Waals surface area contributed by atoms with Crippen LogP contribution in [-0.4, -0.2) is 56.4 Å². The van der Waals surface area contributed by atoms with Crippen LogP contribution in [0.3, 0.4) is 0 Å². The highest BCUT2D eigenvalue weighted by Gasteiger charge is 2.26. The first-order valence-corrected chi connectivity index (χ1v) is 11.5. The van der Waals surface area contributed by atoms with E-state index in [1.807, 2.05) is 12.3 Å². The third kappa shape index (κ3) is 4.70. The van der Waals surface area contributed by atoms with Crippen LogP contribution in [-0.2, 0) is 6.54 Å². The first-order chi connectivity index (χ1) is 14.1. The summed E-state index contributed by atoms with van der Waals surface area (Å²) in [6.45, 7) is 4.43. The van der Waals surface area contributed by atoms with Crippen LogP contribution in [0.2, 0.25) is 0 Å². The summed E-state index contributed by atoms with van der Waals surface area (Å²) >= 11 is 1.65. The number of ether oxygens (including phenoxy) is 1. The summed E-state index contributed by atoms with van der Waals surface area (Å²) in [5, 5.41) is 3.26. The summed E-state index contributed by atoms with van der Waals surface area (Å²) in [6, 6.07) is 14.9. The predicted octanol–water partition coefficient (Wildman–Crippen LogP) is 3.63. The van der Waals surface area contributed by atoms with Gasteiger partial charge in [-0.25, -0.2) is 0 Å². The molecular weight excluding hydrogens is 382 g/mol. The van der Waals surface area contributed by atoms with Crippen LogP contribution in [0.1, 0.15) is 28.8 Å². The zero-order chi connectivity index (χ0) is 20.2. The lowest BCUT2D eigenvalue weighted by Crippen LogP contribution is -2.44. The van der Waals surface area contributed by atoms with E-state index in [0.29, 0.717) is 12.2 Å². The Labute approximate surface area is 177 Å². The monoisotopic (exact) mass is 411 g/mol. The zero-order valence-electron chi connectivity index (χ0n) is 17.2. The Bertz CT molecular complexity index is 851. The van der Waals surface area contributed by atoms with E-state index >= 15 is 0 Å². The van der Waals surface area contributed by atoms with Crippen molar-refractivity contribution in [3.05, 3.63) is 53.6 Å². The molecule has 1 saturated heterocycles. The van der Waals surface area contributed by atoms with Crippen LogP contribution in [0, 0.1) is 0 Å². The van der Waals surface area contributed by atoms with Gasteiger partial charge in [0, 0.05) is 37.6 Å². The third-order valence-corrected chi connectivity index (χ3v) is 6.49. The highest BCUT2D eigenvalue weighted by molar-refractivity contribution is 7.98. The normalized spacial score (nSPS) is 17.5. The van der Waals surface area contributed by atoms with E-state index < -0.39 is 0 Å². The maximum absolute atomic E-state index is 13.1. The number of amides is 1. The predicted molar refractivity (Wildman–Crippen MR) is 119 cm³/mol. The fourth-order valence-electron chi connectivity index (χ4n) is 4.05. The van der Waals surface area contributed by atoms with Gasteiger partial charge in [-0.05, 0) is 36.8 Å². The smallest absolute Gasteiger partial charge is 0.255 e. The fourth-order valence-corrected chi connectivity index (χ4v) is 4.52. The third-order valence-electron chi connectivity index (χ3n) is 5.78. The number of carbonyl (C=O) groups excluding carboxylic acids is 1. The molecule has 2 aromatic carbocycles. The molecule has 2 aromatic rings. The average Bonchev–Trinajstić information content (AvgIpc) is 2.75. The topological polar surface area (TPSA) is 44.8 Å². The second-order valence-corrected chi connectivity index (χ2v) is 8.68. The van der Waals surface area contributed by atoms with E-state index in [9.17, 15) is 4.79 Å². The minimum Gasteiger partial charge on any atom is -0.489 e. The number of rotatable bonds is 5. The number of likely N-dealkylation sites (tertiary alicyclic amines) is 1. The summed E-state index contributed by atoms with van der Waals surface area (Å²) in [5.41, 5.74) is 3.01. The largest absolute Gasteiger partial charge is 0.489 e. The molecule has 2 heterocycles. The summed E-state index contributed by atoms with van der Waals surface area (Å²) in [4.78, 5) is 18.8. The number of nitrogens with one attached hydrogen (secondary N) is 1. The summed E-state index contributed by atoms with van der Waals surface area (Å²) in [5.74, 6) is 0.699. The first-order valence-electron chi connectivity index (χ1n) is 10.3. The van der Waals surface area contributed by atoms with Gasteiger partial charge < -0.3 is 15.0 Å². The van der Waals surface area contributed by atoms with Gasteiger partial charge in [-0.1, -0.05) is 30.3 Å². The number of fused-ring (bicyclic) bond motifs is 1. The molecular formula is C23H29N3O2S. The second-order valence-electron chi connectivity index (χ2n) is 7.80. The highest BCUT2D eigenvalue weighted by atomic mass is 32.2. The van der Waals surface area contributed by atoms with E-state index in [1.54, 1.807) is 11.8 Å². The first kappa shape index (κ1) is 20.1. The van der Waals surface area contributed by atoms with Crippen molar-refractivity contribution in [2.24, 2.45) is 0 Å². The van der Waals surface area contributed by atoms with E-state index in [2.05, 4.69) is 58.6 Å². The number of piperidine rings is 1. The van der Waals surface area contributed by atoms with Crippen molar-refractivity contribution in [3.63, 3.8) is 0 Å². The number of thioether (sulfide) groups is 1. The molecule has 4 rings (SSSR count). The van der Waals surface area contributed by atoms with Crippen molar-refractivity contribution >= 4 is 23.4 Å². The molecule has 5 nitrogen and oxygen atoms in total. The SMILES string of the molecule is CSc1cc(C(=O)NC2CCN(Cc3ccccc3)CC2)c2c(c1)N(C)CCO2. The zero-order valence-corrected chi connectivity index (χ0v) is 18.0. The molecule has 0 atom stereocenters. The molecule has 1 amide bonds. The Balaban J connectivity index is 1.40. The lowest BCUT2D eigenvalue weighted by Gasteiger charge is -2.33. The Morgan fingerprint density at radius 1 is 1.17 bits per heavy atom. The molecule has 6 heteroatoms. The van der Waals surface area contributed by atoms with Gasteiger partial charge in [-0.3, -0.25) is 9.69 Å². The number of nitrogens with zero attached hydrogens (tertiary/aromatic N) is 2. The van der Waals surface area contributed by atoms with Gasteiger partial charge in [0.05, 0.1) is 17.8 Å². The van der Waals surface area contributed by atoms with Crippen molar-refractivity contribution in [1.29, 1.82) is 0 Å². The van der Waals surface area contributed by atoms with Gasteiger partial charge in [0.25, 0.3) is 5.91 Å². The van der Waals surface area contributed by atoms with Crippen molar-refractivity contribution in [3.8, 4) is 5.75 Å². The minimum absolute atomic E-state index is 0.0195. The minimum atomic E-state index is -0.0195. The summed E-state index contributed by atoms with van der Waals surface area (Å²) < 4.78 is 5.90. The lowest BCUT2D eigenvalue weighted by molar-refractivity contribution is 0.0904. The highest BCUT2D eigenvalue weighted by Crippen LogP contribution is 2.38. The van der Waals surface area contributed by atoms with E-state index in [1.165, 1.54) is 5.56 Å². The molecule has 0 bridgehead atoms. The number of likely N-dealkylation sites (N-methyl/N-ethyl adjacent to an activating group) is 1. The molecule has 1 fully saturated rings. The number of hydrogen-bond donors (Lipinski definition) is 1. The van der Waals surface area contributed by atoms with E-state index in [4.69, 9.17) is 4.74 Å². The maximum Gasteiger partial charge on any atom is 0.255 e. The average molecular weight is 412 g/mol. The number of hydrogen-bond acceptors (Lipinski definition) is 5. The number of benzene rings is 2. The molecule has 0 unspecified atom stereocenters. The van der Waals surface area contributed by atoms with Crippen molar-refractivity contribution in [2.75, 3.05) is 44.4 Å². The molecule has 0 aliphatic carbocycles. The molecule has 2 aliphatic rings. The van der Waals surface area contributed by atoms with Gasteiger partial charge in [-0.15, -0.1) is 11.8 Å². The molecule has 0 aromatic heterocycles. The van der Waals surface area contributed by atoms with E-state index in [-0.39, 0.29) is 11.9 Å². The van der Waals surface area contributed by atoms with Gasteiger partial charge in [0.2, 0.25) is 0 Å². The van der Waals surface area contributed by atoms with Gasteiger partial charge in [0.1, 0.15) is 6.61 Å². The fraction of sp³-hybridized carbons (Fsp3) is 0.435. The Hall–Kier alpha value is -2.18. The molecule has 154 valence electrons. The van der Waals surface area contributed by atoms with Gasteiger partial charge >= 0.3 is 0 Å². The lowest BCUT2D eigenvalue weighted by atomic mass is 10.0. The summed E-state index contributed by atoms with van der Waals surface area (Å²) in [6.07, 6.45) is 3.99. The Morgan fingerprint density at radius 3 is 2.66 bits per heavy atom. The van der Waals surface area contributed by atoms with Crippen molar-refractivity contribution in [1.82, 2.24) is 10.2 Å². The molecule has 0 saturated carbocycles. The standard InChI is InChI=1S/C23H29N3O2S/c1-25-12-13-28-22-20(14-19(29-2)15-21(22)25)23(27)24-18-8-10-26(11-9-18)16-17-6-4-3-5-7-17/h3-7,14-15,18H,8-13,16H2,1-2H3,(H,24,27). The summed E-state index contributed by atoms with van der Waals surface area (Å²) in [7, 11) is 2.05. The molecule has 29 heavy (non-hydrogen) atoms. The Morgan fingerprint density at radius 2 is 1.93 bits per heavy atom. The quantitative estimate of drug-likeness (QED) is 0.761. The van der Waals surface area contributed by atoms with Crippen LogP contribution in [0.15, 0.2) is 47.4 Å². The molecule has 2 aliphatic heterocycles. The van der Waals surface area contributed by atoms with Gasteiger partial charge in [0.15, 0.2) is 5.75 Å². The van der Waals surface area contributed by atoms with Gasteiger partial charge in [-0.2, -0.15) is 0 Å². The van der Waals surface area contributed by atoms with Crippen molar-refractivity contribution < 1.29 is 9.53 Å². The second kappa shape index (κ2) is 9.09. The van der Waals surface area contributed by atoms with E-state index in [0.717, 1.165) is 55.4 Å². The number of carbonyl (C=O) groups is 1. The number of anilines is 1.